The lowest BCUT2D eigenvalue weighted by atomic mass is 10.2. The number of ether oxygens (including phenoxy) is 1. The molecule has 6 N–H and O–H groups in total. The van der Waals surface area contributed by atoms with Crippen LogP contribution < -0.4 is 22.0 Å². The monoisotopic (exact) mass is 367 g/mol. The fraction of sp³-hybridized carbons (Fsp3) is 0.111. The first-order chi connectivity index (χ1) is 13.0. The molecular formula is C18H20BN4O4. The minimum Gasteiger partial charge on any atom is -0.458 e. The van der Waals surface area contributed by atoms with Gasteiger partial charge >= 0.3 is 13.6 Å². The summed E-state index contributed by atoms with van der Waals surface area (Å²) in [6.07, 6.45) is 2.13. The van der Waals surface area contributed by atoms with Gasteiger partial charge in [-0.15, -0.1) is 0 Å². The fourth-order valence-corrected chi connectivity index (χ4v) is 2.19. The Bertz CT molecular complexity index is 822. The highest BCUT2D eigenvalue weighted by Gasteiger charge is 2.06. The molecule has 0 saturated heterocycles. The maximum atomic E-state index is 12.0. The van der Waals surface area contributed by atoms with Gasteiger partial charge in [-0.2, -0.15) is 0 Å². The Hall–Kier alpha value is -3.46. The second kappa shape index (κ2) is 9.88. The number of hydrogen-bond acceptors (Lipinski definition) is 7. The summed E-state index contributed by atoms with van der Waals surface area (Å²) in [5, 5.41) is 5.54. The molecule has 0 heterocycles. The maximum Gasteiger partial charge on any atom is 0.436 e. The molecule has 0 fully saturated rings. The molecule has 0 unspecified atom stereocenters. The van der Waals surface area contributed by atoms with Crippen molar-refractivity contribution < 1.29 is 19.0 Å². The number of carbonyl (C=O) groups is 2. The van der Waals surface area contributed by atoms with E-state index in [4.69, 9.17) is 20.9 Å². The van der Waals surface area contributed by atoms with Crippen LogP contribution in [0.5, 0.6) is 0 Å². The van der Waals surface area contributed by atoms with Crippen LogP contribution in [0.2, 0.25) is 0 Å². The third kappa shape index (κ3) is 6.75. The van der Waals surface area contributed by atoms with Crippen LogP contribution in [0, 0.1) is 0 Å². The van der Waals surface area contributed by atoms with Crippen molar-refractivity contribution in [2.75, 3.05) is 29.1 Å². The van der Waals surface area contributed by atoms with E-state index in [0.29, 0.717) is 28.3 Å². The quantitative estimate of drug-likeness (QED) is 0.242. The van der Waals surface area contributed by atoms with Gasteiger partial charge in [0.05, 0.1) is 5.69 Å². The van der Waals surface area contributed by atoms with E-state index in [1.807, 2.05) is 0 Å². The predicted molar refractivity (Wildman–Crippen MR) is 106 cm³/mol. The summed E-state index contributed by atoms with van der Waals surface area (Å²) in [6, 6.07) is 12.0. The highest BCUT2D eigenvalue weighted by molar-refractivity contribution is 6.33. The van der Waals surface area contributed by atoms with E-state index in [1.165, 1.54) is 14.7 Å². The second-order valence-corrected chi connectivity index (χ2v) is 5.48. The minimum absolute atomic E-state index is 0.000359. The summed E-state index contributed by atoms with van der Waals surface area (Å²) in [6.45, 7) is -0.000359. The fourth-order valence-electron chi connectivity index (χ4n) is 2.19. The standard InChI is InChI=1S/C18H20BN4O4/c1-26-19-23-16-5-3-2-4-15(16)22-17(24)6-7-18(25)27-11-12-8-13(20)10-14(21)9-12/h2-10,23H,11,20-21H2,1H3,(H,22,24)/b7-6-. The molecule has 0 aromatic heterocycles. The number of carbonyl (C=O) groups excluding carboxylic acids is 2. The molecule has 2 rings (SSSR count). The van der Waals surface area contributed by atoms with Gasteiger partial charge in [-0.05, 0) is 35.9 Å². The van der Waals surface area contributed by atoms with Gasteiger partial charge in [0.25, 0.3) is 0 Å². The number of nitrogen functional groups attached to an aromatic ring is 2. The van der Waals surface area contributed by atoms with Crippen LogP contribution in [0.3, 0.4) is 0 Å². The molecule has 0 atom stereocenters. The number of benzene rings is 2. The SMILES string of the molecule is CO[B]Nc1ccccc1NC(=O)/C=C\C(=O)OCc1cc(N)cc(N)c1. The summed E-state index contributed by atoms with van der Waals surface area (Å²) in [5.41, 5.74) is 14.1. The smallest absolute Gasteiger partial charge is 0.436 e. The lowest BCUT2D eigenvalue weighted by molar-refractivity contribution is -0.139. The summed E-state index contributed by atoms with van der Waals surface area (Å²) < 4.78 is 9.89. The molecule has 1 radical (unpaired) electrons. The van der Waals surface area contributed by atoms with Crippen LogP contribution >= 0.6 is 0 Å². The molecule has 2 aromatic carbocycles. The number of nitrogens with one attached hydrogen (secondary N) is 2. The Morgan fingerprint density at radius 1 is 1.07 bits per heavy atom. The average Bonchev–Trinajstić information content (AvgIpc) is 2.63. The Morgan fingerprint density at radius 2 is 1.74 bits per heavy atom. The Balaban J connectivity index is 1.88. The molecule has 139 valence electrons. The summed E-state index contributed by atoms with van der Waals surface area (Å²) in [4.78, 5) is 23.8. The van der Waals surface area contributed by atoms with Gasteiger partial charge in [-0.25, -0.2) is 4.79 Å². The molecule has 0 aliphatic carbocycles. The van der Waals surface area contributed by atoms with Gasteiger partial charge in [0.15, 0.2) is 0 Å². The number of para-hydroxylation sites is 2. The summed E-state index contributed by atoms with van der Waals surface area (Å²) >= 11 is 0. The van der Waals surface area contributed by atoms with Crippen LogP contribution in [-0.4, -0.2) is 26.6 Å². The van der Waals surface area contributed by atoms with E-state index in [1.54, 1.807) is 42.5 Å². The maximum absolute atomic E-state index is 12.0. The molecule has 2 aromatic rings. The zero-order valence-corrected chi connectivity index (χ0v) is 14.8. The van der Waals surface area contributed by atoms with E-state index in [2.05, 4.69) is 10.5 Å². The van der Waals surface area contributed by atoms with Crippen molar-refractivity contribution in [1.29, 1.82) is 0 Å². The van der Waals surface area contributed by atoms with Crippen molar-refractivity contribution in [2.24, 2.45) is 0 Å². The summed E-state index contributed by atoms with van der Waals surface area (Å²) in [7, 11) is 2.88. The van der Waals surface area contributed by atoms with Gasteiger partial charge < -0.3 is 31.4 Å². The van der Waals surface area contributed by atoms with E-state index < -0.39 is 11.9 Å². The molecule has 0 saturated carbocycles. The van der Waals surface area contributed by atoms with E-state index in [0.717, 1.165) is 12.2 Å². The molecule has 0 spiro atoms. The third-order valence-electron chi connectivity index (χ3n) is 3.31. The molecule has 0 bridgehead atoms. The van der Waals surface area contributed by atoms with Crippen LogP contribution in [0.15, 0.2) is 54.6 Å². The topological polar surface area (TPSA) is 129 Å². The third-order valence-corrected chi connectivity index (χ3v) is 3.31. The highest BCUT2D eigenvalue weighted by atomic mass is 16.5. The van der Waals surface area contributed by atoms with Crippen molar-refractivity contribution >= 4 is 42.2 Å². The normalized spacial score (nSPS) is 10.4. The molecule has 0 aliphatic rings. The predicted octanol–water partition coefficient (Wildman–Crippen LogP) is 1.68. The van der Waals surface area contributed by atoms with Gasteiger partial charge in [0, 0.05) is 36.3 Å². The zero-order chi connectivity index (χ0) is 19.6. The average molecular weight is 367 g/mol. The van der Waals surface area contributed by atoms with Gasteiger partial charge in [-0.3, -0.25) is 4.79 Å². The first-order valence-electron chi connectivity index (χ1n) is 7.98. The molecule has 9 heteroatoms. The molecule has 1 amide bonds. The zero-order valence-electron chi connectivity index (χ0n) is 14.8. The number of hydrogen-bond donors (Lipinski definition) is 4. The first kappa shape index (κ1) is 19.9. The van der Waals surface area contributed by atoms with E-state index in [9.17, 15) is 9.59 Å². The van der Waals surface area contributed by atoms with Crippen molar-refractivity contribution in [3.63, 3.8) is 0 Å². The van der Waals surface area contributed by atoms with E-state index >= 15 is 0 Å². The highest BCUT2D eigenvalue weighted by Crippen LogP contribution is 2.20. The molecular weight excluding hydrogens is 347 g/mol. The lowest BCUT2D eigenvalue weighted by Gasteiger charge is -2.10. The van der Waals surface area contributed by atoms with Gasteiger partial charge in [0.2, 0.25) is 5.91 Å². The second-order valence-electron chi connectivity index (χ2n) is 5.48. The van der Waals surface area contributed by atoms with Crippen molar-refractivity contribution in [1.82, 2.24) is 0 Å². The van der Waals surface area contributed by atoms with Gasteiger partial charge in [-0.1, -0.05) is 12.1 Å². The Labute approximate surface area is 157 Å². The van der Waals surface area contributed by atoms with Gasteiger partial charge in [0.1, 0.15) is 6.61 Å². The number of anilines is 4. The number of nitrogens with two attached hydrogens (primary N) is 2. The molecule has 0 aliphatic heterocycles. The minimum atomic E-state index is -0.662. The van der Waals surface area contributed by atoms with Crippen LogP contribution in [0.4, 0.5) is 22.7 Å². The largest absolute Gasteiger partial charge is 0.458 e. The van der Waals surface area contributed by atoms with Crippen LogP contribution in [0.25, 0.3) is 0 Å². The Morgan fingerprint density at radius 3 is 2.41 bits per heavy atom. The summed E-state index contributed by atoms with van der Waals surface area (Å²) in [5.74, 6) is -1.14. The number of esters is 1. The first-order valence-corrected chi connectivity index (χ1v) is 7.98. The van der Waals surface area contributed by atoms with Crippen molar-refractivity contribution in [3.05, 3.63) is 60.2 Å². The number of rotatable bonds is 8. The van der Waals surface area contributed by atoms with Crippen LogP contribution in [0.1, 0.15) is 5.56 Å². The van der Waals surface area contributed by atoms with Crippen molar-refractivity contribution in [2.45, 2.75) is 6.61 Å². The Kier molecular flexibility index (Phi) is 7.27. The molecule has 8 nitrogen and oxygen atoms in total. The lowest BCUT2D eigenvalue weighted by Crippen LogP contribution is -2.14. The number of amides is 1. The van der Waals surface area contributed by atoms with Crippen LogP contribution in [-0.2, 0) is 25.6 Å². The molecule has 27 heavy (non-hydrogen) atoms. The van der Waals surface area contributed by atoms with E-state index in [-0.39, 0.29) is 6.61 Å². The van der Waals surface area contributed by atoms with Crippen molar-refractivity contribution in [3.8, 4) is 0 Å².